The van der Waals surface area contributed by atoms with Crippen LogP contribution in [0.3, 0.4) is 0 Å². The van der Waals surface area contributed by atoms with Crippen molar-refractivity contribution in [3.8, 4) is 0 Å². The van der Waals surface area contributed by atoms with E-state index in [-0.39, 0.29) is 5.92 Å². The first-order valence-electron chi connectivity index (χ1n) is 11.7. The summed E-state index contributed by atoms with van der Waals surface area (Å²) in [5.74, 6) is -1.34. The highest BCUT2D eigenvalue weighted by molar-refractivity contribution is 5.72. The Hall–Kier alpha value is -0.830. The third kappa shape index (κ3) is 17.0. The monoisotopic (exact) mass is 382 g/mol. The first-order valence-corrected chi connectivity index (χ1v) is 11.7. The Balaban J connectivity index is 3.91. The van der Waals surface area contributed by atoms with Gasteiger partial charge in [-0.1, -0.05) is 116 Å². The van der Waals surface area contributed by atoms with Crippen molar-refractivity contribution in [1.82, 2.24) is 0 Å². The molecule has 0 aliphatic rings. The molecule has 0 saturated heterocycles. The maximum atomic E-state index is 11.2. The van der Waals surface area contributed by atoms with Gasteiger partial charge in [-0.3, -0.25) is 0 Å². The predicted octanol–water partition coefficient (Wildman–Crippen LogP) is 7.28. The van der Waals surface area contributed by atoms with Crippen LogP contribution in [-0.4, -0.2) is 22.3 Å². The number of aliphatic carboxylic acids is 1. The van der Waals surface area contributed by atoms with Crippen molar-refractivity contribution in [2.24, 2.45) is 5.92 Å². The Bertz CT molecular complexity index is 352. The quantitative estimate of drug-likeness (QED) is 0.172. The second-order valence-electron chi connectivity index (χ2n) is 8.05. The number of carboxylic acids is 1. The molecule has 0 bridgehead atoms. The van der Waals surface area contributed by atoms with Gasteiger partial charge in [0.1, 0.15) is 0 Å². The second kappa shape index (κ2) is 19.9. The standard InChI is InChI=1S/C24H46O3/c1-3-5-7-9-11-13-15-17-19-21-22(23(25)24(26)27)20-18-16-14-12-10-8-6-4-2/h18,20,22-23,25H,3-17,19,21H2,1-2H3,(H,26,27). The molecule has 160 valence electrons. The van der Waals surface area contributed by atoms with E-state index < -0.39 is 12.1 Å². The topological polar surface area (TPSA) is 57.5 Å². The fourth-order valence-electron chi connectivity index (χ4n) is 3.55. The molecule has 0 aliphatic carbocycles. The number of aliphatic hydroxyl groups is 1. The number of allylic oxidation sites excluding steroid dienone is 1. The van der Waals surface area contributed by atoms with Crippen LogP contribution in [-0.2, 0) is 4.79 Å². The minimum absolute atomic E-state index is 0.243. The maximum absolute atomic E-state index is 11.2. The molecule has 0 aromatic rings. The number of hydrogen-bond donors (Lipinski definition) is 2. The molecule has 0 saturated carbocycles. The van der Waals surface area contributed by atoms with Crippen LogP contribution in [0.15, 0.2) is 12.2 Å². The van der Waals surface area contributed by atoms with Gasteiger partial charge in [0.25, 0.3) is 0 Å². The van der Waals surface area contributed by atoms with Gasteiger partial charge in [0.05, 0.1) is 0 Å². The molecule has 0 rings (SSSR count). The minimum atomic E-state index is -1.26. The summed E-state index contributed by atoms with van der Waals surface area (Å²) in [5, 5.41) is 19.1. The van der Waals surface area contributed by atoms with Gasteiger partial charge < -0.3 is 10.2 Å². The molecule has 27 heavy (non-hydrogen) atoms. The molecule has 0 fully saturated rings. The van der Waals surface area contributed by atoms with Crippen molar-refractivity contribution in [1.29, 1.82) is 0 Å². The third-order valence-electron chi connectivity index (χ3n) is 5.41. The van der Waals surface area contributed by atoms with Gasteiger partial charge in [0.2, 0.25) is 0 Å². The van der Waals surface area contributed by atoms with E-state index in [0.717, 1.165) is 32.1 Å². The van der Waals surface area contributed by atoms with Crippen molar-refractivity contribution in [2.75, 3.05) is 0 Å². The molecular formula is C24H46O3. The van der Waals surface area contributed by atoms with Crippen LogP contribution >= 0.6 is 0 Å². The lowest BCUT2D eigenvalue weighted by Gasteiger charge is -2.16. The van der Waals surface area contributed by atoms with Gasteiger partial charge in [-0.15, -0.1) is 0 Å². The number of hydrogen-bond acceptors (Lipinski definition) is 2. The average molecular weight is 383 g/mol. The molecular weight excluding hydrogens is 336 g/mol. The Morgan fingerprint density at radius 2 is 1.19 bits per heavy atom. The predicted molar refractivity (Wildman–Crippen MR) is 116 cm³/mol. The third-order valence-corrected chi connectivity index (χ3v) is 5.41. The highest BCUT2D eigenvalue weighted by Gasteiger charge is 2.22. The van der Waals surface area contributed by atoms with Crippen LogP contribution in [0.4, 0.5) is 0 Å². The highest BCUT2D eigenvalue weighted by atomic mass is 16.4. The Morgan fingerprint density at radius 1 is 0.741 bits per heavy atom. The summed E-state index contributed by atoms with van der Waals surface area (Å²) in [7, 11) is 0. The maximum Gasteiger partial charge on any atom is 0.333 e. The van der Waals surface area contributed by atoms with Crippen molar-refractivity contribution >= 4 is 5.97 Å². The van der Waals surface area contributed by atoms with E-state index in [1.54, 1.807) is 0 Å². The SMILES string of the molecule is CCCCCCCCC=CC(CCCCCCCCCCC)C(O)C(=O)O. The summed E-state index contributed by atoms with van der Waals surface area (Å²) < 4.78 is 0. The van der Waals surface area contributed by atoms with E-state index in [0.29, 0.717) is 0 Å². The molecule has 0 aliphatic heterocycles. The largest absolute Gasteiger partial charge is 0.479 e. The van der Waals surface area contributed by atoms with E-state index in [9.17, 15) is 9.90 Å². The van der Waals surface area contributed by atoms with E-state index in [1.165, 1.54) is 77.0 Å². The summed E-state index contributed by atoms with van der Waals surface area (Å²) in [4.78, 5) is 11.2. The average Bonchev–Trinajstić information content (AvgIpc) is 2.66. The summed E-state index contributed by atoms with van der Waals surface area (Å²) in [6, 6.07) is 0. The molecule has 0 aromatic heterocycles. The lowest BCUT2D eigenvalue weighted by atomic mass is 9.93. The van der Waals surface area contributed by atoms with Crippen molar-refractivity contribution in [2.45, 2.75) is 129 Å². The molecule has 2 unspecified atom stereocenters. The zero-order valence-corrected chi connectivity index (χ0v) is 18.1. The normalized spacial score (nSPS) is 13.9. The molecule has 3 nitrogen and oxygen atoms in total. The van der Waals surface area contributed by atoms with Crippen LogP contribution in [0.2, 0.25) is 0 Å². The van der Waals surface area contributed by atoms with Crippen molar-refractivity contribution in [3.63, 3.8) is 0 Å². The molecule has 2 N–H and O–H groups in total. The van der Waals surface area contributed by atoms with Crippen LogP contribution in [0.25, 0.3) is 0 Å². The van der Waals surface area contributed by atoms with Gasteiger partial charge in [0.15, 0.2) is 6.10 Å². The minimum Gasteiger partial charge on any atom is -0.479 e. The van der Waals surface area contributed by atoms with Gasteiger partial charge in [-0.05, 0) is 19.3 Å². The molecule has 0 heterocycles. The van der Waals surface area contributed by atoms with E-state index in [2.05, 4.69) is 19.9 Å². The summed E-state index contributed by atoms with van der Waals surface area (Å²) in [5.41, 5.74) is 0. The molecule has 2 atom stereocenters. The first kappa shape index (κ1) is 26.2. The number of carbonyl (C=O) groups is 1. The highest BCUT2D eigenvalue weighted by Crippen LogP contribution is 2.19. The van der Waals surface area contributed by atoms with E-state index >= 15 is 0 Å². The lowest BCUT2D eigenvalue weighted by molar-refractivity contribution is -0.148. The fraction of sp³-hybridized carbons (Fsp3) is 0.875. The first-order chi connectivity index (χ1) is 13.1. The number of rotatable bonds is 20. The molecule has 0 radical (unpaired) electrons. The summed E-state index contributed by atoms with van der Waals surface area (Å²) in [6.07, 6.45) is 23.5. The van der Waals surface area contributed by atoms with Crippen LogP contribution in [0.1, 0.15) is 123 Å². The smallest absolute Gasteiger partial charge is 0.333 e. The summed E-state index contributed by atoms with van der Waals surface area (Å²) >= 11 is 0. The Morgan fingerprint density at radius 3 is 1.67 bits per heavy atom. The zero-order chi connectivity index (χ0) is 20.2. The van der Waals surface area contributed by atoms with Crippen LogP contribution in [0, 0.1) is 5.92 Å². The Kier molecular flexibility index (Phi) is 19.3. The Labute approximate surface area is 168 Å². The van der Waals surface area contributed by atoms with E-state index in [4.69, 9.17) is 5.11 Å². The molecule has 3 heteroatoms. The molecule has 0 aromatic carbocycles. The second-order valence-corrected chi connectivity index (χ2v) is 8.05. The number of aliphatic hydroxyl groups excluding tert-OH is 1. The summed E-state index contributed by atoms with van der Waals surface area (Å²) in [6.45, 7) is 4.47. The fourth-order valence-corrected chi connectivity index (χ4v) is 3.55. The van der Waals surface area contributed by atoms with Crippen LogP contribution in [0.5, 0.6) is 0 Å². The zero-order valence-electron chi connectivity index (χ0n) is 18.1. The lowest BCUT2D eigenvalue weighted by Crippen LogP contribution is -2.28. The van der Waals surface area contributed by atoms with Gasteiger partial charge in [0, 0.05) is 5.92 Å². The van der Waals surface area contributed by atoms with E-state index in [1.807, 2.05) is 6.08 Å². The van der Waals surface area contributed by atoms with Crippen molar-refractivity contribution in [3.05, 3.63) is 12.2 Å². The van der Waals surface area contributed by atoms with Gasteiger partial charge in [-0.25, -0.2) is 4.79 Å². The number of unbranched alkanes of at least 4 members (excludes halogenated alkanes) is 14. The van der Waals surface area contributed by atoms with Crippen LogP contribution < -0.4 is 0 Å². The number of carboxylic acid groups (broad SMARTS) is 1. The van der Waals surface area contributed by atoms with Gasteiger partial charge in [-0.2, -0.15) is 0 Å². The van der Waals surface area contributed by atoms with Gasteiger partial charge >= 0.3 is 5.97 Å². The molecule has 0 spiro atoms. The van der Waals surface area contributed by atoms with Crippen molar-refractivity contribution < 1.29 is 15.0 Å². The molecule has 0 amide bonds.